The average molecular weight is 321 g/mol. The Morgan fingerprint density at radius 1 is 1.32 bits per heavy atom. The number of rotatable bonds is 4. The van der Waals surface area contributed by atoms with Crippen LogP contribution in [0.1, 0.15) is 22.9 Å². The van der Waals surface area contributed by atoms with Gasteiger partial charge in [0.15, 0.2) is 5.96 Å². The molecule has 1 N–H and O–H groups in total. The van der Waals surface area contributed by atoms with E-state index in [0.717, 1.165) is 34.5 Å². The van der Waals surface area contributed by atoms with Crippen molar-refractivity contribution in [3.05, 3.63) is 52.2 Å². The van der Waals surface area contributed by atoms with Crippen LogP contribution < -0.4 is 5.32 Å². The number of oxazole rings is 1. The van der Waals surface area contributed by atoms with Crippen molar-refractivity contribution >= 4 is 17.6 Å². The molecule has 0 aliphatic carbocycles. The Balaban J connectivity index is 1.94. The van der Waals surface area contributed by atoms with Gasteiger partial charge in [0, 0.05) is 25.7 Å². The van der Waals surface area contributed by atoms with E-state index >= 15 is 0 Å². The summed E-state index contributed by atoms with van der Waals surface area (Å²) in [5.74, 6) is 2.29. The average Bonchev–Trinajstić information content (AvgIpc) is 2.81. The minimum atomic E-state index is 0.506. The first-order valence-electron chi connectivity index (χ1n) is 7.08. The number of nitrogens with zero attached hydrogens (tertiary/aromatic N) is 3. The van der Waals surface area contributed by atoms with Crippen molar-refractivity contribution in [2.24, 2.45) is 4.99 Å². The van der Waals surface area contributed by atoms with E-state index in [4.69, 9.17) is 16.0 Å². The van der Waals surface area contributed by atoms with E-state index in [9.17, 15) is 0 Å². The maximum atomic E-state index is 5.90. The lowest BCUT2D eigenvalue weighted by molar-refractivity contribution is 0.443. The summed E-state index contributed by atoms with van der Waals surface area (Å²) in [6, 6.07) is 7.79. The number of halogens is 1. The highest BCUT2D eigenvalue weighted by Crippen LogP contribution is 2.11. The Hall–Kier alpha value is -2.01. The van der Waals surface area contributed by atoms with Gasteiger partial charge in [-0.2, -0.15) is 0 Å². The standard InChI is InChI=1S/C16H21ClN4O/c1-11-12(2)22-15(20-11)9-19-16(18-3)21(4)10-13-5-7-14(17)8-6-13/h5-8H,9-10H2,1-4H3,(H,18,19). The van der Waals surface area contributed by atoms with Gasteiger partial charge in [0.2, 0.25) is 5.89 Å². The molecule has 1 heterocycles. The number of benzene rings is 1. The second-order valence-corrected chi connectivity index (χ2v) is 5.57. The fraction of sp³-hybridized carbons (Fsp3) is 0.375. The molecule has 2 rings (SSSR count). The van der Waals surface area contributed by atoms with Gasteiger partial charge in [-0.05, 0) is 31.5 Å². The van der Waals surface area contributed by atoms with Crippen LogP contribution in [0.2, 0.25) is 5.02 Å². The molecule has 0 fully saturated rings. The number of aromatic nitrogens is 1. The highest BCUT2D eigenvalue weighted by molar-refractivity contribution is 6.30. The molecule has 0 amide bonds. The largest absolute Gasteiger partial charge is 0.444 e. The molecule has 2 aromatic rings. The smallest absolute Gasteiger partial charge is 0.214 e. The zero-order chi connectivity index (χ0) is 16.1. The van der Waals surface area contributed by atoms with E-state index in [0.29, 0.717) is 12.4 Å². The van der Waals surface area contributed by atoms with Crippen molar-refractivity contribution in [2.75, 3.05) is 14.1 Å². The van der Waals surface area contributed by atoms with Crippen molar-refractivity contribution in [3.8, 4) is 0 Å². The molecule has 6 heteroatoms. The molecule has 0 aliphatic heterocycles. The minimum Gasteiger partial charge on any atom is -0.444 e. The van der Waals surface area contributed by atoms with Gasteiger partial charge in [0.25, 0.3) is 0 Å². The lowest BCUT2D eigenvalue weighted by Crippen LogP contribution is -2.38. The van der Waals surface area contributed by atoms with E-state index in [1.54, 1.807) is 7.05 Å². The number of nitrogens with one attached hydrogen (secondary N) is 1. The normalized spacial score (nSPS) is 11.6. The monoisotopic (exact) mass is 320 g/mol. The van der Waals surface area contributed by atoms with E-state index in [1.165, 1.54) is 0 Å². The van der Waals surface area contributed by atoms with E-state index in [2.05, 4.69) is 15.3 Å². The maximum Gasteiger partial charge on any atom is 0.214 e. The molecule has 0 saturated carbocycles. The summed E-state index contributed by atoms with van der Waals surface area (Å²) in [5.41, 5.74) is 2.08. The van der Waals surface area contributed by atoms with Gasteiger partial charge in [0.05, 0.1) is 12.2 Å². The van der Waals surface area contributed by atoms with Crippen molar-refractivity contribution < 1.29 is 4.42 Å². The van der Waals surface area contributed by atoms with Crippen molar-refractivity contribution in [1.29, 1.82) is 0 Å². The first-order valence-corrected chi connectivity index (χ1v) is 7.46. The summed E-state index contributed by atoms with van der Waals surface area (Å²) in [6.07, 6.45) is 0. The Morgan fingerprint density at radius 2 is 2.00 bits per heavy atom. The first kappa shape index (κ1) is 16.4. The Bertz CT molecular complexity index is 629. The predicted octanol–water partition coefficient (Wildman–Crippen LogP) is 3.15. The highest BCUT2D eigenvalue weighted by atomic mass is 35.5. The predicted molar refractivity (Wildman–Crippen MR) is 89.1 cm³/mol. The Morgan fingerprint density at radius 3 is 2.55 bits per heavy atom. The van der Waals surface area contributed by atoms with Gasteiger partial charge in [-0.15, -0.1) is 0 Å². The molecule has 1 aromatic heterocycles. The van der Waals surface area contributed by atoms with E-state index in [1.807, 2.05) is 50.1 Å². The third kappa shape index (κ3) is 4.24. The second-order valence-electron chi connectivity index (χ2n) is 5.13. The zero-order valence-corrected chi connectivity index (χ0v) is 14.1. The third-order valence-electron chi connectivity index (χ3n) is 3.38. The third-order valence-corrected chi connectivity index (χ3v) is 3.63. The fourth-order valence-corrected chi connectivity index (χ4v) is 2.22. The Kier molecular flexibility index (Phi) is 5.44. The van der Waals surface area contributed by atoms with Crippen LogP contribution in [0.3, 0.4) is 0 Å². The van der Waals surface area contributed by atoms with E-state index in [-0.39, 0.29) is 0 Å². The van der Waals surface area contributed by atoms with Gasteiger partial charge in [-0.25, -0.2) is 4.98 Å². The van der Waals surface area contributed by atoms with Crippen LogP contribution in [0.5, 0.6) is 0 Å². The quantitative estimate of drug-likeness (QED) is 0.694. The topological polar surface area (TPSA) is 53.7 Å². The summed E-state index contributed by atoms with van der Waals surface area (Å²) >= 11 is 5.90. The molecular weight excluding hydrogens is 300 g/mol. The van der Waals surface area contributed by atoms with Gasteiger partial charge >= 0.3 is 0 Å². The highest BCUT2D eigenvalue weighted by Gasteiger charge is 2.10. The summed E-state index contributed by atoms with van der Waals surface area (Å²) in [4.78, 5) is 10.7. The van der Waals surface area contributed by atoms with Gasteiger partial charge in [-0.1, -0.05) is 23.7 Å². The number of aryl methyl sites for hydroxylation is 2. The van der Waals surface area contributed by atoms with Crippen LogP contribution in [0.15, 0.2) is 33.7 Å². The molecule has 0 spiro atoms. The number of hydrogen-bond acceptors (Lipinski definition) is 3. The van der Waals surface area contributed by atoms with E-state index < -0.39 is 0 Å². The summed E-state index contributed by atoms with van der Waals surface area (Å²) in [7, 11) is 3.74. The molecule has 0 radical (unpaired) electrons. The lowest BCUT2D eigenvalue weighted by Gasteiger charge is -2.21. The molecule has 0 bridgehead atoms. The molecule has 0 unspecified atom stereocenters. The molecule has 0 aliphatic rings. The molecule has 0 atom stereocenters. The zero-order valence-electron chi connectivity index (χ0n) is 13.4. The SMILES string of the molecule is CN=C(NCc1nc(C)c(C)o1)N(C)Cc1ccc(Cl)cc1. The van der Waals surface area contributed by atoms with Crippen molar-refractivity contribution in [2.45, 2.75) is 26.9 Å². The van der Waals surface area contributed by atoms with Crippen molar-refractivity contribution in [3.63, 3.8) is 0 Å². The van der Waals surface area contributed by atoms with Crippen molar-refractivity contribution in [1.82, 2.24) is 15.2 Å². The fourth-order valence-electron chi connectivity index (χ4n) is 2.09. The molecule has 22 heavy (non-hydrogen) atoms. The van der Waals surface area contributed by atoms with Gasteiger partial charge < -0.3 is 14.6 Å². The van der Waals surface area contributed by atoms with Crippen LogP contribution in [-0.4, -0.2) is 29.9 Å². The molecule has 118 valence electrons. The molecule has 5 nitrogen and oxygen atoms in total. The van der Waals surface area contributed by atoms with Crippen LogP contribution in [0.25, 0.3) is 0 Å². The molecule has 0 saturated heterocycles. The van der Waals surface area contributed by atoms with Crippen LogP contribution in [0.4, 0.5) is 0 Å². The van der Waals surface area contributed by atoms with Crippen LogP contribution in [0, 0.1) is 13.8 Å². The number of guanidine groups is 1. The lowest BCUT2D eigenvalue weighted by atomic mass is 10.2. The number of aliphatic imine (C=N–C) groups is 1. The van der Waals surface area contributed by atoms with Gasteiger partial charge in [0.1, 0.15) is 5.76 Å². The van der Waals surface area contributed by atoms with Crippen LogP contribution >= 0.6 is 11.6 Å². The Labute approximate surface area is 136 Å². The molecular formula is C16H21ClN4O. The summed E-state index contributed by atoms with van der Waals surface area (Å²) in [5, 5.41) is 3.99. The summed E-state index contributed by atoms with van der Waals surface area (Å²) < 4.78 is 5.56. The first-order chi connectivity index (χ1) is 10.5. The summed E-state index contributed by atoms with van der Waals surface area (Å²) in [6.45, 7) is 5.09. The van der Waals surface area contributed by atoms with Gasteiger partial charge in [-0.3, -0.25) is 4.99 Å². The van der Waals surface area contributed by atoms with Crippen LogP contribution in [-0.2, 0) is 13.1 Å². The minimum absolute atomic E-state index is 0.506. The second kappa shape index (κ2) is 7.31. The maximum absolute atomic E-state index is 5.90. The number of hydrogen-bond donors (Lipinski definition) is 1. The molecule has 1 aromatic carbocycles.